The number of aryl methyl sites for hydroxylation is 1. The molecule has 0 atom stereocenters. The number of benzene rings is 2. The highest BCUT2D eigenvalue weighted by Crippen LogP contribution is 2.17. The fraction of sp³-hybridized carbons (Fsp3) is 0.278. The average Bonchev–Trinajstić information content (AvgIpc) is 2.55. The van der Waals surface area contributed by atoms with Crippen LogP contribution in [-0.2, 0) is 11.2 Å². The molecule has 0 saturated heterocycles. The summed E-state index contributed by atoms with van der Waals surface area (Å²) in [5.41, 5.74) is 1.23. The number of hydrogen-bond donors (Lipinski definition) is 0. The van der Waals surface area contributed by atoms with E-state index in [0.717, 1.165) is 18.6 Å². The molecule has 4 heteroatoms. The highest BCUT2D eigenvalue weighted by atomic mass is 16.6. The predicted octanol–water partition coefficient (Wildman–Crippen LogP) is 3.63. The van der Waals surface area contributed by atoms with Gasteiger partial charge in [-0.05, 0) is 48.4 Å². The Hall–Kier alpha value is -2.49. The molecule has 0 spiro atoms. The molecule has 2 aromatic carbocycles. The van der Waals surface area contributed by atoms with Gasteiger partial charge in [0.1, 0.15) is 17.2 Å². The maximum Gasteiger partial charge on any atom is 0.349 e. The molecule has 0 saturated carbocycles. The molecule has 2 aromatic rings. The third kappa shape index (κ3) is 4.81. The lowest BCUT2D eigenvalue weighted by Crippen LogP contribution is -2.17. The number of ether oxygens (including phenoxy) is 3. The summed E-state index contributed by atoms with van der Waals surface area (Å²) in [5.74, 6) is 1.43. The molecular weight excluding hydrogens is 280 g/mol. The molecular formula is C18H20O4. The molecule has 22 heavy (non-hydrogen) atoms. The summed E-state index contributed by atoms with van der Waals surface area (Å²) in [6.07, 6.45) is 2.11. The monoisotopic (exact) mass is 300 g/mol. The van der Waals surface area contributed by atoms with Gasteiger partial charge < -0.3 is 14.2 Å². The lowest BCUT2D eigenvalue weighted by atomic mass is 10.1. The first kappa shape index (κ1) is 15.9. The van der Waals surface area contributed by atoms with Gasteiger partial charge >= 0.3 is 5.97 Å². The Morgan fingerprint density at radius 2 is 1.50 bits per heavy atom. The van der Waals surface area contributed by atoms with Gasteiger partial charge in [0, 0.05) is 0 Å². The smallest absolute Gasteiger partial charge is 0.349 e. The molecule has 4 nitrogen and oxygen atoms in total. The lowest BCUT2D eigenvalue weighted by molar-refractivity contribution is -0.136. The summed E-state index contributed by atoms with van der Waals surface area (Å²) in [7, 11) is 1.60. The molecule has 0 aliphatic rings. The maximum absolute atomic E-state index is 11.7. The van der Waals surface area contributed by atoms with Gasteiger partial charge in [-0.1, -0.05) is 25.5 Å². The molecule has 2 rings (SSSR count). The second-order valence-electron chi connectivity index (χ2n) is 4.83. The normalized spacial score (nSPS) is 10.1. The zero-order valence-corrected chi connectivity index (χ0v) is 12.9. The van der Waals surface area contributed by atoms with Gasteiger partial charge in [0.05, 0.1) is 7.11 Å². The van der Waals surface area contributed by atoms with E-state index < -0.39 is 5.97 Å². The minimum Gasteiger partial charge on any atom is -0.497 e. The van der Waals surface area contributed by atoms with Crippen LogP contribution in [-0.4, -0.2) is 19.7 Å². The third-order valence-corrected chi connectivity index (χ3v) is 3.11. The van der Waals surface area contributed by atoms with Gasteiger partial charge in [-0.2, -0.15) is 0 Å². The van der Waals surface area contributed by atoms with Crippen molar-refractivity contribution in [1.29, 1.82) is 0 Å². The standard InChI is InChI=1S/C18H20O4/c1-3-4-14-5-7-17(8-6-14)22-18(19)13-21-16-11-9-15(20-2)10-12-16/h5-12H,3-4,13H2,1-2H3. The molecule has 0 unspecified atom stereocenters. The third-order valence-electron chi connectivity index (χ3n) is 3.11. The van der Waals surface area contributed by atoms with E-state index in [-0.39, 0.29) is 6.61 Å². The molecule has 0 heterocycles. The van der Waals surface area contributed by atoms with Gasteiger partial charge in [0.2, 0.25) is 0 Å². The Morgan fingerprint density at radius 1 is 0.909 bits per heavy atom. The van der Waals surface area contributed by atoms with Gasteiger partial charge in [-0.3, -0.25) is 0 Å². The second-order valence-corrected chi connectivity index (χ2v) is 4.83. The highest BCUT2D eigenvalue weighted by Gasteiger charge is 2.06. The SMILES string of the molecule is CCCc1ccc(OC(=O)COc2ccc(OC)cc2)cc1. The first-order valence-electron chi connectivity index (χ1n) is 7.27. The number of methoxy groups -OCH3 is 1. The molecule has 0 radical (unpaired) electrons. The topological polar surface area (TPSA) is 44.8 Å². The zero-order valence-electron chi connectivity index (χ0n) is 12.9. The van der Waals surface area contributed by atoms with Crippen LogP contribution in [0.25, 0.3) is 0 Å². The van der Waals surface area contributed by atoms with Crippen LogP contribution in [0.2, 0.25) is 0 Å². The van der Waals surface area contributed by atoms with Crippen molar-refractivity contribution in [3.63, 3.8) is 0 Å². The van der Waals surface area contributed by atoms with Crippen LogP contribution in [0.5, 0.6) is 17.2 Å². The van der Waals surface area contributed by atoms with E-state index in [0.29, 0.717) is 11.5 Å². The number of carbonyl (C=O) groups is 1. The van der Waals surface area contributed by atoms with Crippen molar-refractivity contribution in [2.24, 2.45) is 0 Å². The van der Waals surface area contributed by atoms with E-state index in [1.807, 2.05) is 12.1 Å². The van der Waals surface area contributed by atoms with E-state index in [4.69, 9.17) is 14.2 Å². The summed E-state index contributed by atoms with van der Waals surface area (Å²) >= 11 is 0. The van der Waals surface area contributed by atoms with Crippen molar-refractivity contribution in [2.75, 3.05) is 13.7 Å². The fourth-order valence-corrected chi connectivity index (χ4v) is 1.99. The quantitative estimate of drug-likeness (QED) is 0.578. The van der Waals surface area contributed by atoms with Crippen molar-refractivity contribution in [3.05, 3.63) is 54.1 Å². The second kappa shape index (κ2) is 8.08. The van der Waals surface area contributed by atoms with E-state index in [1.54, 1.807) is 43.5 Å². The Labute approximate surface area is 130 Å². The lowest BCUT2D eigenvalue weighted by Gasteiger charge is -2.08. The van der Waals surface area contributed by atoms with Crippen molar-refractivity contribution >= 4 is 5.97 Å². The van der Waals surface area contributed by atoms with Crippen molar-refractivity contribution in [2.45, 2.75) is 19.8 Å². The van der Waals surface area contributed by atoms with E-state index in [9.17, 15) is 4.79 Å². The van der Waals surface area contributed by atoms with Gasteiger partial charge in [0.25, 0.3) is 0 Å². The predicted molar refractivity (Wildman–Crippen MR) is 84.6 cm³/mol. The summed E-state index contributed by atoms with van der Waals surface area (Å²) in [6.45, 7) is 1.99. The van der Waals surface area contributed by atoms with Crippen LogP contribution in [0.15, 0.2) is 48.5 Å². The van der Waals surface area contributed by atoms with Gasteiger partial charge in [-0.15, -0.1) is 0 Å². The van der Waals surface area contributed by atoms with Crippen molar-refractivity contribution in [1.82, 2.24) is 0 Å². The van der Waals surface area contributed by atoms with Crippen molar-refractivity contribution in [3.8, 4) is 17.2 Å². The van der Waals surface area contributed by atoms with Gasteiger partial charge in [-0.25, -0.2) is 4.79 Å². The van der Waals surface area contributed by atoms with E-state index >= 15 is 0 Å². The van der Waals surface area contributed by atoms with E-state index in [1.165, 1.54) is 5.56 Å². The molecule has 0 amide bonds. The van der Waals surface area contributed by atoms with Gasteiger partial charge in [0.15, 0.2) is 6.61 Å². The summed E-state index contributed by atoms with van der Waals surface area (Å²) < 4.78 is 15.7. The number of rotatable bonds is 7. The Balaban J connectivity index is 1.81. The molecule has 0 aliphatic heterocycles. The van der Waals surface area contributed by atoms with Crippen molar-refractivity contribution < 1.29 is 19.0 Å². The number of carbonyl (C=O) groups excluding carboxylic acids is 1. The molecule has 0 aliphatic carbocycles. The summed E-state index contributed by atoms with van der Waals surface area (Å²) in [4.78, 5) is 11.7. The Morgan fingerprint density at radius 3 is 2.09 bits per heavy atom. The molecule has 0 aromatic heterocycles. The highest BCUT2D eigenvalue weighted by molar-refractivity contribution is 5.73. The van der Waals surface area contributed by atoms with Crippen LogP contribution in [0, 0.1) is 0 Å². The minimum atomic E-state index is -0.431. The molecule has 0 bridgehead atoms. The van der Waals surface area contributed by atoms with Crippen LogP contribution in [0.3, 0.4) is 0 Å². The van der Waals surface area contributed by atoms with Crippen LogP contribution in [0.4, 0.5) is 0 Å². The zero-order chi connectivity index (χ0) is 15.8. The average molecular weight is 300 g/mol. The molecule has 0 N–H and O–H groups in total. The largest absolute Gasteiger partial charge is 0.497 e. The Kier molecular flexibility index (Phi) is 5.83. The first-order chi connectivity index (χ1) is 10.7. The maximum atomic E-state index is 11.7. The summed E-state index contributed by atoms with van der Waals surface area (Å²) in [6, 6.07) is 14.6. The number of hydrogen-bond acceptors (Lipinski definition) is 4. The summed E-state index contributed by atoms with van der Waals surface area (Å²) in [5, 5.41) is 0. The molecule has 116 valence electrons. The fourth-order valence-electron chi connectivity index (χ4n) is 1.99. The minimum absolute atomic E-state index is 0.136. The Bertz CT molecular complexity index is 587. The number of esters is 1. The van der Waals surface area contributed by atoms with Crippen LogP contribution >= 0.6 is 0 Å². The van der Waals surface area contributed by atoms with Crippen LogP contribution < -0.4 is 14.2 Å². The van der Waals surface area contributed by atoms with E-state index in [2.05, 4.69) is 6.92 Å². The first-order valence-corrected chi connectivity index (χ1v) is 7.27. The molecule has 0 fully saturated rings. The van der Waals surface area contributed by atoms with Crippen LogP contribution in [0.1, 0.15) is 18.9 Å².